The van der Waals surface area contributed by atoms with E-state index >= 15 is 0 Å². The fraction of sp³-hybridized carbons (Fsp3) is 0.636. The van der Waals surface area contributed by atoms with Crippen LogP contribution in [-0.2, 0) is 6.54 Å². The van der Waals surface area contributed by atoms with Crippen molar-refractivity contribution in [2.45, 2.75) is 38.8 Å². The van der Waals surface area contributed by atoms with Gasteiger partial charge in [-0.3, -0.25) is 0 Å². The van der Waals surface area contributed by atoms with Gasteiger partial charge in [0, 0.05) is 6.54 Å². The van der Waals surface area contributed by atoms with Crippen LogP contribution in [-0.4, -0.2) is 14.7 Å². The maximum absolute atomic E-state index is 10.2. The van der Waals surface area contributed by atoms with E-state index in [1.54, 1.807) is 12.5 Å². The molecule has 0 bridgehead atoms. The highest BCUT2D eigenvalue weighted by Crippen LogP contribution is 2.49. The van der Waals surface area contributed by atoms with Gasteiger partial charge in [-0.05, 0) is 19.8 Å². The van der Waals surface area contributed by atoms with Crippen LogP contribution in [0.15, 0.2) is 12.5 Å². The molecular weight excluding hydrogens is 190 g/mol. The first-order chi connectivity index (χ1) is 7.23. The second-order valence-corrected chi connectivity index (χ2v) is 4.13. The number of aliphatic hydroxyl groups is 1. The Kier molecular flexibility index (Phi) is 2.49. The predicted molar refractivity (Wildman–Crippen MR) is 54.8 cm³/mol. The molecule has 1 saturated carbocycles. The number of nitriles is 1. The highest BCUT2D eigenvalue weighted by molar-refractivity contribution is 5.17. The average Bonchev–Trinajstić information content (AvgIpc) is 2.64. The largest absolute Gasteiger partial charge is 0.385 e. The standard InChI is InChI=1S/C11H15N3O/c1-2-14-8-13-6-9(14)10(15)11(7-12)4-3-5-11/h6,8,10,15H,2-5H2,1H3. The molecule has 1 aromatic heterocycles. The first-order valence-electron chi connectivity index (χ1n) is 5.33. The van der Waals surface area contributed by atoms with Gasteiger partial charge in [0.15, 0.2) is 0 Å². The van der Waals surface area contributed by atoms with Crippen LogP contribution in [0, 0.1) is 16.7 Å². The van der Waals surface area contributed by atoms with Crippen molar-refractivity contribution in [2.75, 3.05) is 0 Å². The number of hydrogen-bond donors (Lipinski definition) is 1. The molecule has 1 fully saturated rings. The van der Waals surface area contributed by atoms with E-state index in [-0.39, 0.29) is 0 Å². The minimum Gasteiger partial charge on any atom is -0.385 e. The van der Waals surface area contributed by atoms with E-state index in [2.05, 4.69) is 11.1 Å². The molecule has 0 amide bonds. The summed E-state index contributed by atoms with van der Waals surface area (Å²) >= 11 is 0. The molecule has 0 aliphatic heterocycles. The molecule has 0 radical (unpaired) electrons. The third-order valence-corrected chi connectivity index (χ3v) is 3.36. The van der Waals surface area contributed by atoms with Crippen LogP contribution in [0.5, 0.6) is 0 Å². The minimum atomic E-state index is -0.696. The van der Waals surface area contributed by atoms with Gasteiger partial charge in [-0.2, -0.15) is 5.26 Å². The van der Waals surface area contributed by atoms with E-state index in [1.165, 1.54) is 0 Å². The van der Waals surface area contributed by atoms with Gasteiger partial charge in [0.05, 0.1) is 29.7 Å². The zero-order valence-corrected chi connectivity index (χ0v) is 8.85. The van der Waals surface area contributed by atoms with E-state index in [1.807, 2.05) is 11.5 Å². The van der Waals surface area contributed by atoms with Gasteiger partial charge in [0.2, 0.25) is 0 Å². The summed E-state index contributed by atoms with van der Waals surface area (Å²) < 4.78 is 1.89. The lowest BCUT2D eigenvalue weighted by Crippen LogP contribution is -2.35. The Balaban J connectivity index is 2.28. The second kappa shape index (κ2) is 3.67. The van der Waals surface area contributed by atoms with Crippen LogP contribution in [0.3, 0.4) is 0 Å². The molecular formula is C11H15N3O. The lowest BCUT2D eigenvalue weighted by Gasteiger charge is -2.39. The number of aromatic nitrogens is 2. The topological polar surface area (TPSA) is 61.8 Å². The van der Waals surface area contributed by atoms with Crippen LogP contribution in [0.4, 0.5) is 0 Å². The Morgan fingerprint density at radius 1 is 1.73 bits per heavy atom. The van der Waals surface area contributed by atoms with Gasteiger partial charge >= 0.3 is 0 Å². The summed E-state index contributed by atoms with van der Waals surface area (Å²) in [5.74, 6) is 0. The first kappa shape index (κ1) is 10.2. The monoisotopic (exact) mass is 205 g/mol. The average molecular weight is 205 g/mol. The summed E-state index contributed by atoms with van der Waals surface area (Å²) in [6, 6.07) is 2.26. The molecule has 80 valence electrons. The van der Waals surface area contributed by atoms with Gasteiger partial charge in [0.25, 0.3) is 0 Å². The molecule has 1 N–H and O–H groups in total. The molecule has 1 aromatic rings. The molecule has 1 atom stereocenters. The van der Waals surface area contributed by atoms with Crippen molar-refractivity contribution in [1.82, 2.24) is 9.55 Å². The fourth-order valence-electron chi connectivity index (χ4n) is 2.11. The molecule has 4 nitrogen and oxygen atoms in total. The summed E-state index contributed by atoms with van der Waals surface area (Å²) in [5.41, 5.74) is 0.200. The number of nitrogens with zero attached hydrogens (tertiary/aromatic N) is 3. The fourth-order valence-corrected chi connectivity index (χ4v) is 2.11. The summed E-state index contributed by atoms with van der Waals surface area (Å²) in [6.07, 6.45) is 5.27. The first-order valence-corrected chi connectivity index (χ1v) is 5.33. The summed E-state index contributed by atoms with van der Waals surface area (Å²) in [6.45, 7) is 2.77. The predicted octanol–water partition coefficient (Wildman–Crippen LogP) is 1.63. The minimum absolute atomic E-state index is 0.563. The molecule has 4 heteroatoms. The zero-order valence-electron chi connectivity index (χ0n) is 8.85. The summed E-state index contributed by atoms with van der Waals surface area (Å²) in [5, 5.41) is 19.3. The van der Waals surface area contributed by atoms with Crippen LogP contribution in [0.25, 0.3) is 0 Å². The molecule has 2 rings (SSSR count). The van der Waals surface area contributed by atoms with E-state index in [0.29, 0.717) is 0 Å². The van der Waals surface area contributed by atoms with Crippen molar-refractivity contribution in [3.63, 3.8) is 0 Å². The Morgan fingerprint density at radius 2 is 2.47 bits per heavy atom. The third-order valence-electron chi connectivity index (χ3n) is 3.36. The Morgan fingerprint density at radius 3 is 2.93 bits per heavy atom. The van der Waals surface area contributed by atoms with Crippen LogP contribution in [0.1, 0.15) is 38.0 Å². The number of imidazole rings is 1. The van der Waals surface area contributed by atoms with Crippen molar-refractivity contribution in [2.24, 2.45) is 5.41 Å². The van der Waals surface area contributed by atoms with Crippen LogP contribution < -0.4 is 0 Å². The summed E-state index contributed by atoms with van der Waals surface area (Å²) in [7, 11) is 0. The molecule has 1 aliphatic rings. The van der Waals surface area contributed by atoms with E-state index in [9.17, 15) is 5.11 Å². The van der Waals surface area contributed by atoms with E-state index in [0.717, 1.165) is 31.5 Å². The lowest BCUT2D eigenvalue weighted by atomic mass is 9.65. The number of rotatable bonds is 3. The smallest absolute Gasteiger partial charge is 0.114 e. The molecule has 1 unspecified atom stereocenters. The normalized spacial score (nSPS) is 20.3. The maximum atomic E-state index is 10.2. The van der Waals surface area contributed by atoms with Gasteiger partial charge in [-0.1, -0.05) is 6.42 Å². The molecule has 0 aromatic carbocycles. The lowest BCUT2D eigenvalue weighted by molar-refractivity contribution is 0.00277. The van der Waals surface area contributed by atoms with Crippen molar-refractivity contribution in [3.05, 3.63) is 18.2 Å². The number of aryl methyl sites for hydroxylation is 1. The number of aliphatic hydroxyl groups excluding tert-OH is 1. The van der Waals surface area contributed by atoms with Crippen molar-refractivity contribution < 1.29 is 5.11 Å². The van der Waals surface area contributed by atoms with Gasteiger partial charge < -0.3 is 9.67 Å². The van der Waals surface area contributed by atoms with Gasteiger partial charge in [0.1, 0.15) is 6.10 Å². The van der Waals surface area contributed by atoms with Crippen LogP contribution in [0.2, 0.25) is 0 Å². The Hall–Kier alpha value is -1.34. The number of hydrogen-bond acceptors (Lipinski definition) is 3. The second-order valence-electron chi connectivity index (χ2n) is 4.13. The molecule has 0 saturated heterocycles. The SMILES string of the molecule is CCn1cncc1C(O)C1(C#N)CCC1. The maximum Gasteiger partial charge on any atom is 0.114 e. The quantitative estimate of drug-likeness (QED) is 0.815. The summed E-state index contributed by atoms with van der Waals surface area (Å²) in [4.78, 5) is 4.01. The molecule has 1 heterocycles. The molecule has 0 spiro atoms. The van der Waals surface area contributed by atoms with Crippen molar-refractivity contribution in [3.8, 4) is 6.07 Å². The highest BCUT2D eigenvalue weighted by Gasteiger charge is 2.45. The Labute approximate surface area is 89.2 Å². The zero-order chi connectivity index (χ0) is 10.9. The third kappa shape index (κ3) is 1.44. The van der Waals surface area contributed by atoms with Crippen LogP contribution >= 0.6 is 0 Å². The van der Waals surface area contributed by atoms with Gasteiger partial charge in [-0.15, -0.1) is 0 Å². The highest BCUT2D eigenvalue weighted by atomic mass is 16.3. The van der Waals surface area contributed by atoms with Crippen molar-refractivity contribution >= 4 is 0 Å². The Bertz CT molecular complexity index is 387. The molecule has 1 aliphatic carbocycles. The molecule has 15 heavy (non-hydrogen) atoms. The van der Waals surface area contributed by atoms with E-state index in [4.69, 9.17) is 5.26 Å². The van der Waals surface area contributed by atoms with Crippen molar-refractivity contribution in [1.29, 1.82) is 5.26 Å². The van der Waals surface area contributed by atoms with E-state index < -0.39 is 11.5 Å². The van der Waals surface area contributed by atoms with Gasteiger partial charge in [-0.25, -0.2) is 4.98 Å².